The first-order valence-electron chi connectivity index (χ1n) is 21.0. The minimum Gasteiger partial charge on any atom is -0.308 e. The third-order valence-corrected chi connectivity index (χ3v) is 12.4. The maximum Gasteiger partial charge on any atom is 0.160 e. The van der Waals surface area contributed by atoms with Gasteiger partial charge < -0.3 is 4.40 Å². The monoisotopic (exact) mass is 789 g/mol. The molecule has 0 radical (unpaired) electrons. The zero-order chi connectivity index (χ0) is 40.7. The molecule has 8 aromatic carbocycles. The van der Waals surface area contributed by atoms with Gasteiger partial charge in [-0.1, -0.05) is 170 Å². The maximum absolute atomic E-state index is 5.46. The number of nitrogens with zero attached hydrogens (tertiary/aromatic N) is 5. The Morgan fingerprint density at radius 2 is 0.871 bits per heavy atom. The summed E-state index contributed by atoms with van der Waals surface area (Å²) in [4.78, 5) is 10.8. The van der Waals surface area contributed by atoms with Crippen LogP contribution >= 0.6 is 0 Å². The van der Waals surface area contributed by atoms with Crippen LogP contribution in [-0.4, -0.2) is 24.0 Å². The summed E-state index contributed by atoms with van der Waals surface area (Å²) in [6, 6.07) is 75.3. The first kappa shape index (κ1) is 34.5. The number of aromatic nitrogens is 5. The van der Waals surface area contributed by atoms with Crippen molar-refractivity contribution >= 4 is 54.4 Å². The Morgan fingerprint density at radius 3 is 1.55 bits per heavy atom. The van der Waals surface area contributed by atoms with Crippen molar-refractivity contribution in [1.29, 1.82) is 0 Å². The van der Waals surface area contributed by atoms with Crippen LogP contribution < -0.4 is 0 Å². The number of hydrogen-bond acceptors (Lipinski definition) is 3. The lowest BCUT2D eigenvalue weighted by Crippen LogP contribution is -1.96. The molecule has 13 aromatic rings. The number of hydrogen-bond donors (Lipinski definition) is 0. The molecule has 13 rings (SSSR count). The zero-order valence-corrected chi connectivity index (χ0v) is 33.4. The molecular formula is C57H35N5. The maximum atomic E-state index is 5.46. The molecule has 0 aliphatic rings. The van der Waals surface area contributed by atoms with Gasteiger partial charge in [-0.3, -0.25) is 0 Å². The van der Waals surface area contributed by atoms with E-state index in [9.17, 15) is 0 Å². The van der Waals surface area contributed by atoms with Crippen molar-refractivity contribution in [2.45, 2.75) is 0 Å². The first-order valence-corrected chi connectivity index (χ1v) is 21.0. The van der Waals surface area contributed by atoms with Crippen LogP contribution in [0.1, 0.15) is 0 Å². The average molecular weight is 790 g/mol. The molecule has 5 heterocycles. The van der Waals surface area contributed by atoms with E-state index in [1.165, 1.54) is 38.1 Å². The van der Waals surface area contributed by atoms with Gasteiger partial charge in [0, 0.05) is 60.3 Å². The Morgan fingerprint density at radius 1 is 0.339 bits per heavy atom. The van der Waals surface area contributed by atoms with Crippen LogP contribution in [0.5, 0.6) is 0 Å². The molecule has 5 aromatic heterocycles. The fraction of sp³-hybridized carbons (Fsp3) is 0. The second kappa shape index (κ2) is 13.6. The van der Waals surface area contributed by atoms with Crippen molar-refractivity contribution in [3.05, 3.63) is 212 Å². The smallest absolute Gasteiger partial charge is 0.160 e. The minimum absolute atomic E-state index is 0.686. The van der Waals surface area contributed by atoms with Crippen LogP contribution in [0.3, 0.4) is 0 Å². The van der Waals surface area contributed by atoms with Crippen LogP contribution in [0.25, 0.3) is 122 Å². The molecular weight excluding hydrogens is 755 g/mol. The third-order valence-electron chi connectivity index (χ3n) is 12.4. The van der Waals surface area contributed by atoms with E-state index in [1.54, 1.807) is 0 Å². The highest BCUT2D eigenvalue weighted by molar-refractivity contribution is 6.24. The summed E-state index contributed by atoms with van der Waals surface area (Å²) >= 11 is 0. The molecule has 0 spiro atoms. The molecule has 0 saturated carbocycles. The van der Waals surface area contributed by atoms with Gasteiger partial charge in [0.25, 0.3) is 0 Å². The van der Waals surface area contributed by atoms with Crippen LogP contribution in [0.15, 0.2) is 212 Å². The lowest BCUT2D eigenvalue weighted by Gasteiger charge is -2.12. The average Bonchev–Trinajstić information content (AvgIpc) is 4.03. The Labute approximate surface area is 356 Å². The summed E-state index contributed by atoms with van der Waals surface area (Å²) in [5.41, 5.74) is 15.7. The zero-order valence-electron chi connectivity index (χ0n) is 33.4. The molecule has 0 aliphatic heterocycles. The fourth-order valence-corrected chi connectivity index (χ4v) is 9.67. The predicted octanol–water partition coefficient (Wildman–Crippen LogP) is 14.4. The number of benzene rings is 8. The van der Waals surface area contributed by atoms with Crippen molar-refractivity contribution < 1.29 is 0 Å². The molecule has 62 heavy (non-hydrogen) atoms. The molecule has 0 saturated heterocycles. The van der Waals surface area contributed by atoms with E-state index in [0.717, 1.165) is 78.0 Å². The number of fused-ring (bicyclic) bond motifs is 9. The standard InChI is InChI=1S/C57H35N5/c1-4-17-36(18-5-1)48-35-49(59-57(58-48)42-32-46-44-27-12-14-29-50(44)61-51-30-15-13-28-45(51)47(33-42)55(46)61)40-24-16-25-41(31-40)53-54(38-21-8-3-9-22-38)60-62-52(37-19-6-2-7-20-37)34-39-23-10-11-26-43(39)56(53)62/h1-35H. The van der Waals surface area contributed by atoms with Crippen molar-refractivity contribution in [2.24, 2.45) is 0 Å². The van der Waals surface area contributed by atoms with E-state index in [1.807, 2.05) is 6.07 Å². The van der Waals surface area contributed by atoms with Crippen LogP contribution in [0, 0.1) is 0 Å². The van der Waals surface area contributed by atoms with E-state index in [0.29, 0.717) is 5.82 Å². The Kier molecular flexibility index (Phi) is 7.54. The quantitative estimate of drug-likeness (QED) is 0.169. The van der Waals surface area contributed by atoms with Crippen molar-refractivity contribution in [3.8, 4) is 67.5 Å². The van der Waals surface area contributed by atoms with E-state index in [-0.39, 0.29) is 0 Å². The van der Waals surface area contributed by atoms with Gasteiger partial charge in [-0.2, -0.15) is 5.10 Å². The summed E-state index contributed by atoms with van der Waals surface area (Å²) < 4.78 is 4.56. The molecule has 0 bridgehead atoms. The second-order valence-electron chi connectivity index (χ2n) is 16.0. The van der Waals surface area contributed by atoms with Crippen LogP contribution in [-0.2, 0) is 0 Å². The van der Waals surface area contributed by atoms with Gasteiger partial charge in [0.1, 0.15) is 5.69 Å². The number of rotatable bonds is 6. The van der Waals surface area contributed by atoms with E-state index >= 15 is 0 Å². The Hall–Kier alpha value is -8.41. The van der Waals surface area contributed by atoms with Crippen molar-refractivity contribution in [2.75, 3.05) is 0 Å². The summed E-state index contributed by atoms with van der Waals surface area (Å²) in [6.45, 7) is 0. The van der Waals surface area contributed by atoms with Gasteiger partial charge in [0.2, 0.25) is 0 Å². The molecule has 0 unspecified atom stereocenters. The lowest BCUT2D eigenvalue weighted by molar-refractivity contribution is 0.979. The summed E-state index contributed by atoms with van der Waals surface area (Å²) in [7, 11) is 0. The van der Waals surface area contributed by atoms with Gasteiger partial charge in [0.05, 0.1) is 39.1 Å². The molecule has 0 fully saturated rings. The third kappa shape index (κ3) is 5.25. The second-order valence-corrected chi connectivity index (χ2v) is 16.0. The largest absolute Gasteiger partial charge is 0.308 e. The number of pyridine rings is 1. The predicted molar refractivity (Wildman–Crippen MR) is 256 cm³/mol. The number of para-hydroxylation sites is 2. The van der Waals surface area contributed by atoms with Crippen LogP contribution in [0.2, 0.25) is 0 Å². The highest BCUT2D eigenvalue weighted by Crippen LogP contribution is 2.44. The normalized spacial score (nSPS) is 11.9. The van der Waals surface area contributed by atoms with Gasteiger partial charge in [-0.15, -0.1) is 0 Å². The first-order chi connectivity index (χ1) is 30.7. The summed E-state index contributed by atoms with van der Waals surface area (Å²) in [5.74, 6) is 0.686. The highest BCUT2D eigenvalue weighted by atomic mass is 15.2. The molecule has 0 atom stereocenters. The topological polar surface area (TPSA) is 47.5 Å². The summed E-state index contributed by atoms with van der Waals surface area (Å²) in [5, 5.41) is 12.6. The Balaban J connectivity index is 1.06. The van der Waals surface area contributed by atoms with Gasteiger partial charge in [-0.05, 0) is 53.4 Å². The lowest BCUT2D eigenvalue weighted by atomic mass is 9.95. The SMILES string of the molecule is c1ccc(-c2cc(-c3cccc(-c4c(-c5ccccc5)nn5c(-c6ccccc6)cc6ccccc6c45)c3)nc(-c3cc4c5ccccc5n5c6ccccc6c(c3)c45)n2)cc1. The minimum atomic E-state index is 0.686. The van der Waals surface area contributed by atoms with Gasteiger partial charge >= 0.3 is 0 Å². The van der Waals surface area contributed by atoms with Crippen LogP contribution in [0.4, 0.5) is 0 Å². The molecule has 0 aliphatic carbocycles. The van der Waals surface area contributed by atoms with Crippen molar-refractivity contribution in [3.63, 3.8) is 0 Å². The molecule has 5 nitrogen and oxygen atoms in total. The molecule has 288 valence electrons. The van der Waals surface area contributed by atoms with E-state index < -0.39 is 0 Å². The van der Waals surface area contributed by atoms with E-state index in [4.69, 9.17) is 15.1 Å². The van der Waals surface area contributed by atoms with Gasteiger partial charge in [0.15, 0.2) is 5.82 Å². The van der Waals surface area contributed by atoms with E-state index in [2.05, 4.69) is 215 Å². The van der Waals surface area contributed by atoms with Crippen molar-refractivity contribution in [1.82, 2.24) is 24.0 Å². The molecule has 5 heteroatoms. The summed E-state index contributed by atoms with van der Waals surface area (Å²) in [6.07, 6.45) is 0. The highest BCUT2D eigenvalue weighted by Gasteiger charge is 2.23. The molecule has 0 N–H and O–H groups in total. The fourth-order valence-electron chi connectivity index (χ4n) is 9.67. The Bertz CT molecular complexity index is 3760. The molecule has 0 amide bonds. The van der Waals surface area contributed by atoms with Gasteiger partial charge in [-0.25, -0.2) is 14.5 Å².